The first-order chi connectivity index (χ1) is 8.60. The third-order valence-corrected chi connectivity index (χ3v) is 3.20. The fraction of sp³-hybridized carbons (Fsp3) is 0.833. The fourth-order valence-electron chi connectivity index (χ4n) is 1.78. The number of nitrogens with one attached hydrogen (secondary N) is 2. The number of carbonyl (C=O) groups excluding carboxylic acids is 2. The summed E-state index contributed by atoms with van der Waals surface area (Å²) in [4.78, 5) is 23.6. The van der Waals surface area contributed by atoms with Crippen molar-refractivity contribution in [3.8, 4) is 0 Å². The Kier molecular flexibility index (Phi) is 6.07. The van der Waals surface area contributed by atoms with Crippen molar-refractivity contribution in [3.63, 3.8) is 0 Å². The molecule has 1 heterocycles. The summed E-state index contributed by atoms with van der Waals surface area (Å²) < 4.78 is 9.94. The fourth-order valence-corrected chi connectivity index (χ4v) is 1.78. The van der Waals surface area contributed by atoms with Gasteiger partial charge in [0, 0.05) is 6.54 Å². The second kappa shape index (κ2) is 7.33. The lowest BCUT2D eigenvalue weighted by atomic mass is 9.99. The molecule has 1 saturated heterocycles. The highest BCUT2D eigenvalue weighted by Crippen LogP contribution is 2.09. The Labute approximate surface area is 107 Å². The number of amides is 1. The Hall–Kier alpha value is -1.14. The van der Waals surface area contributed by atoms with Crippen LogP contribution in [0.1, 0.15) is 20.3 Å². The largest absolute Gasteiger partial charge is 0.467 e. The van der Waals surface area contributed by atoms with Crippen LogP contribution in [0.3, 0.4) is 0 Å². The van der Waals surface area contributed by atoms with Gasteiger partial charge in [-0.1, -0.05) is 20.3 Å². The Morgan fingerprint density at radius 2 is 2.28 bits per heavy atom. The number of ether oxygens (including phenoxy) is 2. The molecule has 104 valence electrons. The van der Waals surface area contributed by atoms with E-state index in [0.717, 1.165) is 6.42 Å². The minimum absolute atomic E-state index is 0.0332. The molecular formula is C12H22N2O4. The van der Waals surface area contributed by atoms with E-state index in [9.17, 15) is 9.59 Å². The van der Waals surface area contributed by atoms with Crippen LogP contribution >= 0.6 is 0 Å². The van der Waals surface area contributed by atoms with Crippen LogP contribution in [0.15, 0.2) is 0 Å². The van der Waals surface area contributed by atoms with Crippen LogP contribution in [0.4, 0.5) is 0 Å². The summed E-state index contributed by atoms with van der Waals surface area (Å²) in [7, 11) is 1.33. The third-order valence-electron chi connectivity index (χ3n) is 3.20. The number of hydrogen-bond acceptors (Lipinski definition) is 5. The van der Waals surface area contributed by atoms with Crippen LogP contribution < -0.4 is 10.6 Å². The average molecular weight is 258 g/mol. The molecule has 0 aliphatic carbocycles. The minimum Gasteiger partial charge on any atom is -0.467 e. The highest BCUT2D eigenvalue weighted by atomic mass is 16.5. The molecule has 1 fully saturated rings. The van der Waals surface area contributed by atoms with Gasteiger partial charge in [0.1, 0.15) is 12.1 Å². The van der Waals surface area contributed by atoms with E-state index in [4.69, 9.17) is 9.47 Å². The van der Waals surface area contributed by atoms with Crippen LogP contribution in [0.5, 0.6) is 0 Å². The highest BCUT2D eigenvalue weighted by molar-refractivity contribution is 5.87. The van der Waals surface area contributed by atoms with Crippen molar-refractivity contribution in [2.24, 2.45) is 5.92 Å². The summed E-state index contributed by atoms with van der Waals surface area (Å²) in [6, 6.07) is -0.994. The summed E-state index contributed by atoms with van der Waals surface area (Å²) in [6.45, 7) is 5.46. The maximum absolute atomic E-state index is 12.0. The van der Waals surface area contributed by atoms with Crippen molar-refractivity contribution >= 4 is 11.9 Å². The van der Waals surface area contributed by atoms with Crippen molar-refractivity contribution in [2.45, 2.75) is 32.4 Å². The zero-order chi connectivity index (χ0) is 13.5. The van der Waals surface area contributed by atoms with Gasteiger partial charge in [-0.2, -0.15) is 0 Å². The average Bonchev–Trinajstić information content (AvgIpc) is 2.43. The predicted molar refractivity (Wildman–Crippen MR) is 66.0 cm³/mol. The molecule has 0 spiro atoms. The van der Waals surface area contributed by atoms with E-state index < -0.39 is 18.1 Å². The van der Waals surface area contributed by atoms with Gasteiger partial charge in [-0.05, 0) is 5.92 Å². The molecule has 18 heavy (non-hydrogen) atoms. The smallest absolute Gasteiger partial charge is 0.328 e. The molecule has 1 amide bonds. The summed E-state index contributed by atoms with van der Waals surface area (Å²) in [5.41, 5.74) is 0. The lowest BCUT2D eigenvalue weighted by Crippen LogP contribution is -2.56. The monoisotopic (exact) mass is 258 g/mol. The van der Waals surface area contributed by atoms with Crippen LogP contribution in [-0.4, -0.2) is 50.8 Å². The van der Waals surface area contributed by atoms with E-state index >= 15 is 0 Å². The SMILES string of the molecule is CCC(C)C(NC(=O)C1COCCN1)C(=O)OC. The van der Waals surface area contributed by atoms with E-state index in [0.29, 0.717) is 19.8 Å². The van der Waals surface area contributed by atoms with Crippen LogP contribution in [0.2, 0.25) is 0 Å². The second-order valence-electron chi connectivity index (χ2n) is 4.48. The Bertz CT molecular complexity index is 290. The zero-order valence-electron chi connectivity index (χ0n) is 11.2. The van der Waals surface area contributed by atoms with Gasteiger partial charge in [0.05, 0.1) is 20.3 Å². The molecule has 1 aliphatic heterocycles. The van der Waals surface area contributed by atoms with Crippen LogP contribution in [0.25, 0.3) is 0 Å². The van der Waals surface area contributed by atoms with Gasteiger partial charge in [-0.15, -0.1) is 0 Å². The molecular weight excluding hydrogens is 236 g/mol. The van der Waals surface area contributed by atoms with E-state index in [1.807, 2.05) is 13.8 Å². The molecule has 1 rings (SSSR count). The van der Waals surface area contributed by atoms with Gasteiger partial charge in [0.25, 0.3) is 0 Å². The van der Waals surface area contributed by atoms with Crippen molar-refractivity contribution in [1.82, 2.24) is 10.6 Å². The lowest BCUT2D eigenvalue weighted by molar-refractivity contribution is -0.147. The van der Waals surface area contributed by atoms with Gasteiger partial charge < -0.3 is 20.1 Å². The number of carbonyl (C=O) groups is 2. The molecule has 0 saturated carbocycles. The summed E-state index contributed by atoms with van der Waals surface area (Å²) in [5, 5.41) is 5.78. The molecule has 0 bridgehead atoms. The van der Waals surface area contributed by atoms with E-state index in [1.54, 1.807) is 0 Å². The molecule has 6 nitrogen and oxygen atoms in total. The normalized spacial score (nSPS) is 22.9. The number of methoxy groups -OCH3 is 1. The highest BCUT2D eigenvalue weighted by Gasteiger charge is 2.30. The number of morpholine rings is 1. The predicted octanol–water partition coefficient (Wildman–Crippen LogP) is -0.321. The maximum atomic E-state index is 12.0. The molecule has 3 unspecified atom stereocenters. The van der Waals surface area contributed by atoms with E-state index in [1.165, 1.54) is 7.11 Å². The number of rotatable bonds is 5. The first-order valence-electron chi connectivity index (χ1n) is 6.29. The summed E-state index contributed by atoms with van der Waals surface area (Å²) in [5.74, 6) is -0.592. The van der Waals surface area contributed by atoms with Gasteiger partial charge in [-0.3, -0.25) is 4.79 Å². The number of esters is 1. The second-order valence-corrected chi connectivity index (χ2v) is 4.48. The first-order valence-corrected chi connectivity index (χ1v) is 6.29. The molecule has 3 atom stereocenters. The van der Waals surface area contributed by atoms with Gasteiger partial charge >= 0.3 is 5.97 Å². The van der Waals surface area contributed by atoms with Gasteiger partial charge in [0.2, 0.25) is 5.91 Å². The van der Waals surface area contributed by atoms with Crippen molar-refractivity contribution < 1.29 is 19.1 Å². The Balaban J connectivity index is 2.58. The Morgan fingerprint density at radius 1 is 1.56 bits per heavy atom. The van der Waals surface area contributed by atoms with Gasteiger partial charge in [-0.25, -0.2) is 4.79 Å². The summed E-state index contributed by atoms with van der Waals surface area (Å²) >= 11 is 0. The molecule has 0 aromatic carbocycles. The molecule has 2 N–H and O–H groups in total. The molecule has 6 heteroatoms. The van der Waals surface area contributed by atoms with E-state index in [2.05, 4.69) is 10.6 Å². The third kappa shape index (κ3) is 3.96. The van der Waals surface area contributed by atoms with Crippen molar-refractivity contribution in [1.29, 1.82) is 0 Å². The minimum atomic E-state index is -0.601. The quantitative estimate of drug-likeness (QED) is 0.661. The molecule has 0 aromatic heterocycles. The molecule has 1 aliphatic rings. The maximum Gasteiger partial charge on any atom is 0.328 e. The van der Waals surface area contributed by atoms with Gasteiger partial charge in [0.15, 0.2) is 0 Å². The van der Waals surface area contributed by atoms with Crippen molar-refractivity contribution in [2.75, 3.05) is 26.9 Å². The lowest BCUT2D eigenvalue weighted by Gasteiger charge is -2.27. The molecule has 0 radical (unpaired) electrons. The van der Waals surface area contributed by atoms with E-state index in [-0.39, 0.29) is 11.8 Å². The standard InChI is InChI=1S/C12H22N2O4/c1-4-8(2)10(12(16)17-3)14-11(15)9-7-18-6-5-13-9/h8-10,13H,4-7H2,1-3H3,(H,14,15). The topological polar surface area (TPSA) is 76.7 Å². The van der Waals surface area contributed by atoms with Crippen LogP contribution in [0, 0.1) is 5.92 Å². The molecule has 0 aromatic rings. The Morgan fingerprint density at radius 3 is 2.78 bits per heavy atom. The zero-order valence-corrected chi connectivity index (χ0v) is 11.2. The van der Waals surface area contributed by atoms with Crippen molar-refractivity contribution in [3.05, 3.63) is 0 Å². The first kappa shape index (κ1) is 14.9. The van der Waals surface area contributed by atoms with Crippen LogP contribution in [-0.2, 0) is 19.1 Å². The summed E-state index contributed by atoms with van der Waals surface area (Å²) in [6.07, 6.45) is 0.786. The number of hydrogen-bond donors (Lipinski definition) is 2.